The van der Waals surface area contributed by atoms with Crippen molar-refractivity contribution in [1.29, 1.82) is 0 Å². The maximum absolute atomic E-state index is 13.6. The molecule has 0 spiro atoms. The largest absolute Gasteiger partial charge is 0.389 e. The lowest BCUT2D eigenvalue weighted by Gasteiger charge is -2.19. The van der Waals surface area contributed by atoms with Gasteiger partial charge in [0.2, 0.25) is 0 Å². The zero-order chi connectivity index (χ0) is 13.9. The topological polar surface area (TPSA) is 12.0 Å². The van der Waals surface area contributed by atoms with E-state index in [-0.39, 0.29) is 10.0 Å². The molecule has 1 atom stereocenters. The number of alkyl halides is 3. The zero-order valence-corrected chi connectivity index (χ0v) is 11.0. The van der Waals surface area contributed by atoms with Gasteiger partial charge in [-0.2, -0.15) is 13.2 Å². The number of halogens is 6. The highest BCUT2D eigenvalue weighted by Crippen LogP contribution is 2.31. The van der Waals surface area contributed by atoms with E-state index in [0.717, 1.165) is 12.1 Å². The Balaban J connectivity index is 2.95. The van der Waals surface area contributed by atoms with Crippen molar-refractivity contribution in [2.45, 2.75) is 25.1 Å². The molecule has 0 saturated heterocycles. The summed E-state index contributed by atoms with van der Waals surface area (Å²) in [5.41, 5.74) is -0.370. The van der Waals surface area contributed by atoms with Crippen LogP contribution in [0.4, 0.5) is 22.0 Å². The predicted molar refractivity (Wildman–Crippen MR) is 61.1 cm³/mol. The second kappa shape index (κ2) is 5.97. The molecule has 1 N–H and O–H groups in total. The molecule has 18 heavy (non-hydrogen) atoms. The van der Waals surface area contributed by atoms with E-state index in [1.807, 2.05) is 0 Å². The Morgan fingerprint density at radius 1 is 1.22 bits per heavy atom. The minimum atomic E-state index is -4.35. The van der Waals surface area contributed by atoms with Crippen LogP contribution in [0, 0.1) is 11.6 Å². The first kappa shape index (κ1) is 15.4. The third kappa shape index (κ3) is 4.20. The summed E-state index contributed by atoms with van der Waals surface area (Å²) in [5.74, 6) is -1.74. The molecule has 0 fully saturated rings. The molecule has 102 valence electrons. The maximum Gasteiger partial charge on any atom is 0.389 e. The van der Waals surface area contributed by atoms with E-state index in [2.05, 4.69) is 21.2 Å². The van der Waals surface area contributed by atoms with Gasteiger partial charge in [-0.15, -0.1) is 0 Å². The van der Waals surface area contributed by atoms with Crippen LogP contribution in [0.25, 0.3) is 0 Å². The molecule has 0 amide bonds. The number of benzene rings is 1. The van der Waals surface area contributed by atoms with Gasteiger partial charge >= 0.3 is 6.18 Å². The smallest absolute Gasteiger partial charge is 0.313 e. The molecule has 1 aromatic rings. The van der Waals surface area contributed by atoms with Gasteiger partial charge in [0.15, 0.2) is 0 Å². The Hall–Kier alpha value is -0.690. The summed E-state index contributed by atoms with van der Waals surface area (Å²) in [6.45, 7) is 0. The molecule has 0 aliphatic rings. The monoisotopic (exact) mass is 331 g/mol. The lowest BCUT2D eigenvalue weighted by Crippen LogP contribution is -2.22. The van der Waals surface area contributed by atoms with Crippen LogP contribution in [-0.2, 0) is 0 Å². The molecular weight excluding hydrogens is 321 g/mol. The molecule has 0 heterocycles. The summed E-state index contributed by atoms with van der Waals surface area (Å²) < 4.78 is 63.7. The summed E-state index contributed by atoms with van der Waals surface area (Å²) in [6.07, 6.45) is -5.87. The summed E-state index contributed by atoms with van der Waals surface area (Å²) in [7, 11) is 1.36. The molecule has 0 saturated carbocycles. The molecule has 0 bridgehead atoms. The van der Waals surface area contributed by atoms with Gasteiger partial charge in [-0.1, -0.05) is 15.9 Å². The molecule has 1 aromatic carbocycles. The van der Waals surface area contributed by atoms with Crippen LogP contribution in [0.2, 0.25) is 0 Å². The lowest BCUT2D eigenvalue weighted by molar-refractivity contribution is -0.136. The van der Waals surface area contributed by atoms with Crippen molar-refractivity contribution in [2.75, 3.05) is 7.05 Å². The first-order valence-corrected chi connectivity index (χ1v) is 5.92. The Labute approximate surface area is 110 Å². The Morgan fingerprint density at radius 2 is 1.72 bits per heavy atom. The maximum atomic E-state index is 13.6. The zero-order valence-electron chi connectivity index (χ0n) is 9.41. The first-order chi connectivity index (χ1) is 8.24. The van der Waals surface area contributed by atoms with Crippen molar-refractivity contribution in [3.05, 3.63) is 33.8 Å². The summed E-state index contributed by atoms with van der Waals surface area (Å²) in [5, 5.41) is 2.50. The normalized spacial score (nSPS) is 13.7. The van der Waals surface area contributed by atoms with Gasteiger partial charge < -0.3 is 5.32 Å². The van der Waals surface area contributed by atoms with Crippen molar-refractivity contribution in [2.24, 2.45) is 0 Å². The summed E-state index contributed by atoms with van der Waals surface area (Å²) >= 11 is 2.91. The van der Waals surface area contributed by atoms with Crippen LogP contribution in [0.5, 0.6) is 0 Å². The van der Waals surface area contributed by atoms with Crippen molar-refractivity contribution >= 4 is 15.9 Å². The predicted octanol–water partition coefficient (Wildman–Crippen LogP) is 4.33. The third-order valence-electron chi connectivity index (χ3n) is 2.46. The quantitative estimate of drug-likeness (QED) is 0.810. The fraction of sp³-hybridized carbons (Fsp3) is 0.455. The molecule has 0 aliphatic heterocycles. The molecule has 1 unspecified atom stereocenters. The van der Waals surface area contributed by atoms with Crippen LogP contribution >= 0.6 is 15.9 Å². The molecule has 0 radical (unpaired) electrons. The van der Waals surface area contributed by atoms with Gasteiger partial charge in [0, 0.05) is 22.5 Å². The lowest BCUT2D eigenvalue weighted by atomic mass is 10.0. The number of hydrogen-bond acceptors (Lipinski definition) is 1. The minimum absolute atomic E-state index is 0.201. The number of nitrogens with one attached hydrogen (secondary N) is 1. The van der Waals surface area contributed by atoms with Crippen LogP contribution in [0.3, 0.4) is 0 Å². The number of rotatable bonds is 4. The van der Waals surface area contributed by atoms with E-state index in [1.54, 1.807) is 0 Å². The van der Waals surface area contributed by atoms with Gasteiger partial charge in [0.25, 0.3) is 0 Å². The Bertz CT molecular complexity index is 395. The van der Waals surface area contributed by atoms with E-state index < -0.39 is 36.7 Å². The van der Waals surface area contributed by atoms with Crippen LogP contribution < -0.4 is 5.32 Å². The Kier molecular flexibility index (Phi) is 5.10. The molecule has 0 aliphatic carbocycles. The third-order valence-corrected chi connectivity index (χ3v) is 2.92. The van der Waals surface area contributed by atoms with Crippen molar-refractivity contribution in [3.8, 4) is 0 Å². The molecule has 7 heteroatoms. The highest BCUT2D eigenvalue weighted by atomic mass is 79.9. The van der Waals surface area contributed by atoms with E-state index in [9.17, 15) is 22.0 Å². The van der Waals surface area contributed by atoms with Crippen LogP contribution in [-0.4, -0.2) is 13.2 Å². The second-order valence-electron chi connectivity index (χ2n) is 3.78. The average Bonchev–Trinajstić information content (AvgIpc) is 2.20. The highest BCUT2D eigenvalue weighted by molar-refractivity contribution is 9.10. The SMILES string of the molecule is CNC(CCC(F)(F)F)c1c(F)cc(Br)cc1F. The fourth-order valence-corrected chi connectivity index (χ4v) is 2.03. The van der Waals surface area contributed by atoms with Gasteiger partial charge in [0.1, 0.15) is 11.6 Å². The van der Waals surface area contributed by atoms with Crippen molar-refractivity contribution in [3.63, 3.8) is 0 Å². The van der Waals surface area contributed by atoms with E-state index in [4.69, 9.17) is 0 Å². The van der Waals surface area contributed by atoms with Gasteiger partial charge in [-0.25, -0.2) is 8.78 Å². The molecular formula is C11H11BrF5N. The van der Waals surface area contributed by atoms with Gasteiger partial charge in [-0.05, 0) is 25.6 Å². The fourth-order valence-electron chi connectivity index (χ4n) is 1.63. The first-order valence-electron chi connectivity index (χ1n) is 5.13. The second-order valence-corrected chi connectivity index (χ2v) is 4.69. The van der Waals surface area contributed by atoms with Crippen LogP contribution in [0.15, 0.2) is 16.6 Å². The molecule has 1 nitrogen and oxygen atoms in total. The van der Waals surface area contributed by atoms with E-state index in [0.29, 0.717) is 0 Å². The highest BCUT2D eigenvalue weighted by Gasteiger charge is 2.30. The van der Waals surface area contributed by atoms with E-state index >= 15 is 0 Å². The Morgan fingerprint density at radius 3 is 2.11 bits per heavy atom. The van der Waals surface area contributed by atoms with Crippen LogP contribution in [0.1, 0.15) is 24.4 Å². The van der Waals surface area contributed by atoms with Crippen molar-refractivity contribution < 1.29 is 22.0 Å². The van der Waals surface area contributed by atoms with Gasteiger partial charge in [0.05, 0.1) is 0 Å². The number of hydrogen-bond donors (Lipinski definition) is 1. The minimum Gasteiger partial charge on any atom is -0.313 e. The summed E-state index contributed by atoms with van der Waals surface area (Å²) in [4.78, 5) is 0. The standard InChI is InChI=1S/C11H11BrF5N/c1-18-9(2-3-11(15,16)17)10-7(13)4-6(12)5-8(10)14/h4-5,9,18H,2-3H2,1H3. The van der Waals surface area contributed by atoms with E-state index in [1.165, 1.54) is 7.05 Å². The van der Waals surface area contributed by atoms with Gasteiger partial charge in [-0.3, -0.25) is 0 Å². The average molecular weight is 332 g/mol. The summed E-state index contributed by atoms with van der Waals surface area (Å²) in [6, 6.07) is 1.03. The molecule has 1 rings (SSSR count). The van der Waals surface area contributed by atoms with Crippen molar-refractivity contribution in [1.82, 2.24) is 5.32 Å². The molecule has 0 aromatic heterocycles.